The van der Waals surface area contributed by atoms with Gasteiger partial charge in [0.1, 0.15) is 0 Å². The van der Waals surface area contributed by atoms with Gasteiger partial charge in [0.2, 0.25) is 0 Å². The van der Waals surface area contributed by atoms with Crippen LogP contribution in [-0.4, -0.2) is 6.54 Å². The number of rotatable bonds is 1. The minimum Gasteiger partial charge on any atom is -0.330 e. The molecule has 0 radical (unpaired) electrons. The van der Waals surface area contributed by atoms with Crippen LogP contribution in [0.3, 0.4) is 0 Å². The first-order valence-corrected chi connectivity index (χ1v) is 5.11. The maximum atomic E-state index is 5.81. The summed E-state index contributed by atoms with van der Waals surface area (Å²) < 4.78 is 0. The third-order valence-corrected chi connectivity index (χ3v) is 3.26. The molecule has 0 amide bonds. The van der Waals surface area contributed by atoms with E-state index in [0.29, 0.717) is 5.92 Å². The molecule has 2 rings (SSSR count). The smallest absolute Gasteiger partial charge is 0.000556 e. The first-order chi connectivity index (χ1) is 6.33. The normalized spacial score (nSPS) is 26.9. The van der Waals surface area contributed by atoms with Crippen molar-refractivity contribution in [2.24, 2.45) is 11.7 Å². The Kier molecular flexibility index (Phi) is 2.36. The highest BCUT2D eigenvalue weighted by molar-refractivity contribution is 5.33. The summed E-state index contributed by atoms with van der Waals surface area (Å²) in [6.07, 6.45) is 2.52. The molecule has 1 aliphatic carbocycles. The Morgan fingerprint density at radius 3 is 2.92 bits per heavy atom. The van der Waals surface area contributed by atoms with Crippen LogP contribution in [0.15, 0.2) is 24.3 Å². The van der Waals surface area contributed by atoms with E-state index in [1.807, 2.05) is 0 Å². The quantitative estimate of drug-likeness (QED) is 0.696. The molecule has 13 heavy (non-hydrogen) atoms. The Labute approximate surface area is 80.0 Å². The van der Waals surface area contributed by atoms with Gasteiger partial charge in [-0.15, -0.1) is 0 Å². The van der Waals surface area contributed by atoms with Crippen LogP contribution < -0.4 is 5.73 Å². The minimum absolute atomic E-state index is 0.588. The van der Waals surface area contributed by atoms with Crippen LogP contribution in [0.2, 0.25) is 0 Å². The summed E-state index contributed by atoms with van der Waals surface area (Å²) in [6, 6.07) is 8.73. The van der Waals surface area contributed by atoms with Gasteiger partial charge in [0.25, 0.3) is 0 Å². The van der Waals surface area contributed by atoms with Crippen LogP contribution in [0, 0.1) is 5.92 Å². The lowest BCUT2D eigenvalue weighted by Crippen LogP contribution is -2.24. The summed E-state index contributed by atoms with van der Waals surface area (Å²) in [6.45, 7) is 3.10. The number of hydrogen-bond donors (Lipinski definition) is 1. The van der Waals surface area contributed by atoms with E-state index in [-0.39, 0.29) is 0 Å². The molecule has 1 heteroatoms. The first kappa shape index (κ1) is 8.76. The predicted octanol–water partition coefficient (Wildman–Crippen LogP) is 2.31. The highest BCUT2D eigenvalue weighted by atomic mass is 14.6. The van der Waals surface area contributed by atoms with Gasteiger partial charge < -0.3 is 5.73 Å². The van der Waals surface area contributed by atoms with Crippen molar-refractivity contribution in [1.29, 1.82) is 0 Å². The van der Waals surface area contributed by atoms with Gasteiger partial charge in [0, 0.05) is 0 Å². The zero-order valence-electron chi connectivity index (χ0n) is 8.16. The lowest BCUT2D eigenvalue weighted by molar-refractivity contribution is 0.408. The van der Waals surface area contributed by atoms with E-state index in [0.717, 1.165) is 12.5 Å². The molecule has 0 aromatic heterocycles. The monoisotopic (exact) mass is 175 g/mol. The van der Waals surface area contributed by atoms with E-state index in [4.69, 9.17) is 5.73 Å². The molecule has 1 aromatic rings. The molecule has 1 aromatic carbocycles. The van der Waals surface area contributed by atoms with Crippen molar-refractivity contribution < 1.29 is 0 Å². The van der Waals surface area contributed by atoms with Crippen molar-refractivity contribution in [1.82, 2.24) is 0 Å². The first-order valence-electron chi connectivity index (χ1n) is 5.11. The average Bonchev–Trinajstić information content (AvgIpc) is 2.18. The fraction of sp³-hybridized carbons (Fsp3) is 0.500. The highest BCUT2D eigenvalue weighted by Gasteiger charge is 2.24. The van der Waals surface area contributed by atoms with Gasteiger partial charge in [0.05, 0.1) is 0 Å². The van der Waals surface area contributed by atoms with Gasteiger partial charge in [-0.25, -0.2) is 0 Å². The zero-order chi connectivity index (χ0) is 9.26. The minimum atomic E-state index is 0.588. The fourth-order valence-corrected chi connectivity index (χ4v) is 2.37. The third-order valence-electron chi connectivity index (χ3n) is 3.26. The molecule has 0 spiro atoms. The van der Waals surface area contributed by atoms with E-state index >= 15 is 0 Å². The van der Waals surface area contributed by atoms with E-state index in [1.54, 1.807) is 0 Å². The van der Waals surface area contributed by atoms with Gasteiger partial charge in [-0.2, -0.15) is 0 Å². The zero-order valence-corrected chi connectivity index (χ0v) is 8.16. The van der Waals surface area contributed by atoms with Gasteiger partial charge >= 0.3 is 0 Å². The molecule has 0 bridgehead atoms. The maximum absolute atomic E-state index is 5.81. The molecule has 2 unspecified atom stereocenters. The van der Waals surface area contributed by atoms with Crippen LogP contribution in [0.25, 0.3) is 0 Å². The molecule has 70 valence electrons. The predicted molar refractivity (Wildman–Crippen MR) is 55.7 cm³/mol. The van der Waals surface area contributed by atoms with Crippen LogP contribution in [-0.2, 0) is 6.42 Å². The van der Waals surface area contributed by atoms with Crippen molar-refractivity contribution >= 4 is 0 Å². The maximum Gasteiger partial charge on any atom is -0.000556 e. The summed E-state index contributed by atoms with van der Waals surface area (Å²) in [4.78, 5) is 0. The summed E-state index contributed by atoms with van der Waals surface area (Å²) in [5, 5.41) is 0. The SMILES string of the molecule is CC1CCc2ccccc2C1CN. The topological polar surface area (TPSA) is 26.0 Å². The second kappa shape index (κ2) is 3.51. The van der Waals surface area contributed by atoms with E-state index < -0.39 is 0 Å². The third kappa shape index (κ3) is 1.49. The van der Waals surface area contributed by atoms with Crippen LogP contribution in [0.5, 0.6) is 0 Å². The van der Waals surface area contributed by atoms with Crippen LogP contribution >= 0.6 is 0 Å². The number of hydrogen-bond acceptors (Lipinski definition) is 1. The number of benzene rings is 1. The van der Waals surface area contributed by atoms with E-state index in [2.05, 4.69) is 31.2 Å². The second-order valence-electron chi connectivity index (χ2n) is 4.06. The van der Waals surface area contributed by atoms with Crippen molar-refractivity contribution in [2.75, 3.05) is 6.54 Å². The molecule has 1 nitrogen and oxygen atoms in total. The summed E-state index contributed by atoms with van der Waals surface area (Å²) in [5.74, 6) is 1.34. The van der Waals surface area contributed by atoms with Crippen molar-refractivity contribution in [3.05, 3.63) is 35.4 Å². The Balaban J connectivity index is 2.39. The molecular weight excluding hydrogens is 158 g/mol. The molecule has 0 heterocycles. The molecule has 0 aliphatic heterocycles. The van der Waals surface area contributed by atoms with Crippen molar-refractivity contribution in [3.63, 3.8) is 0 Å². The van der Waals surface area contributed by atoms with Crippen LogP contribution in [0.4, 0.5) is 0 Å². The average molecular weight is 175 g/mol. The number of nitrogens with two attached hydrogens (primary N) is 1. The van der Waals surface area contributed by atoms with Gasteiger partial charge in [0.15, 0.2) is 0 Å². The Morgan fingerprint density at radius 1 is 1.38 bits per heavy atom. The largest absolute Gasteiger partial charge is 0.330 e. The van der Waals surface area contributed by atoms with Crippen LogP contribution in [0.1, 0.15) is 30.4 Å². The Hall–Kier alpha value is -0.820. The molecule has 1 aliphatic rings. The molecule has 2 N–H and O–H groups in total. The molecule has 0 saturated carbocycles. The fourth-order valence-electron chi connectivity index (χ4n) is 2.37. The summed E-state index contributed by atoms with van der Waals surface area (Å²) in [5.41, 5.74) is 8.81. The Bertz CT molecular complexity index is 293. The van der Waals surface area contributed by atoms with Crippen molar-refractivity contribution in [2.45, 2.75) is 25.7 Å². The number of aryl methyl sites for hydroxylation is 1. The number of fused-ring (bicyclic) bond motifs is 1. The molecule has 2 atom stereocenters. The lowest BCUT2D eigenvalue weighted by Gasteiger charge is -2.30. The highest BCUT2D eigenvalue weighted by Crippen LogP contribution is 2.34. The molecular formula is C12H17N. The molecule has 0 saturated heterocycles. The summed E-state index contributed by atoms with van der Waals surface area (Å²) >= 11 is 0. The molecule has 0 fully saturated rings. The lowest BCUT2D eigenvalue weighted by atomic mass is 9.76. The van der Waals surface area contributed by atoms with Crippen molar-refractivity contribution in [3.8, 4) is 0 Å². The van der Waals surface area contributed by atoms with Gasteiger partial charge in [-0.3, -0.25) is 0 Å². The van der Waals surface area contributed by atoms with Gasteiger partial charge in [-0.1, -0.05) is 31.2 Å². The van der Waals surface area contributed by atoms with Gasteiger partial charge in [-0.05, 0) is 42.3 Å². The Morgan fingerprint density at radius 2 is 2.15 bits per heavy atom. The summed E-state index contributed by atoms with van der Waals surface area (Å²) in [7, 11) is 0. The van der Waals surface area contributed by atoms with E-state index in [9.17, 15) is 0 Å². The second-order valence-corrected chi connectivity index (χ2v) is 4.06. The van der Waals surface area contributed by atoms with E-state index in [1.165, 1.54) is 24.0 Å². The standard InChI is InChI=1S/C12H17N/c1-9-6-7-10-4-2-3-5-11(10)12(9)8-13/h2-5,9,12H,6-8,13H2,1H3.